The van der Waals surface area contributed by atoms with Crippen LogP contribution in [-0.2, 0) is 11.2 Å². The molecule has 1 saturated carbocycles. The first kappa shape index (κ1) is 16.2. The van der Waals surface area contributed by atoms with Crippen molar-refractivity contribution in [3.63, 3.8) is 0 Å². The van der Waals surface area contributed by atoms with Crippen LogP contribution in [0.1, 0.15) is 16.9 Å². The maximum Gasteiger partial charge on any atom is 0.236 e. The van der Waals surface area contributed by atoms with Crippen molar-refractivity contribution in [2.75, 3.05) is 5.32 Å². The van der Waals surface area contributed by atoms with E-state index in [0.29, 0.717) is 21.6 Å². The third kappa shape index (κ3) is 3.80. The zero-order valence-corrected chi connectivity index (χ0v) is 14.0. The second kappa shape index (κ2) is 6.43. The number of nitrogens with zero attached hydrogens (tertiary/aromatic N) is 2. The number of amides is 1. The van der Waals surface area contributed by atoms with Crippen LogP contribution in [0.25, 0.3) is 0 Å². The Balaban J connectivity index is 1.63. The molecule has 0 radical (unpaired) electrons. The van der Waals surface area contributed by atoms with E-state index in [1.54, 1.807) is 24.4 Å². The van der Waals surface area contributed by atoms with Gasteiger partial charge >= 0.3 is 0 Å². The van der Waals surface area contributed by atoms with E-state index in [2.05, 4.69) is 10.3 Å². The Morgan fingerprint density at radius 2 is 2.26 bits per heavy atom. The van der Waals surface area contributed by atoms with Crippen molar-refractivity contribution in [2.45, 2.75) is 18.9 Å². The van der Waals surface area contributed by atoms with Crippen LogP contribution in [0.3, 0.4) is 0 Å². The first-order valence-electron chi connectivity index (χ1n) is 6.77. The molecule has 1 N–H and O–H groups in total. The summed E-state index contributed by atoms with van der Waals surface area (Å²) < 4.78 is 0. The number of nitrogens with one attached hydrogen (secondary N) is 1. The normalized spacial score (nSPS) is 19.4. The van der Waals surface area contributed by atoms with Crippen molar-refractivity contribution in [3.05, 3.63) is 55.0 Å². The molecule has 23 heavy (non-hydrogen) atoms. The zero-order chi connectivity index (χ0) is 16.6. The summed E-state index contributed by atoms with van der Waals surface area (Å²) in [4.78, 5) is 27.1. The van der Waals surface area contributed by atoms with Gasteiger partial charge in [-0.05, 0) is 23.8 Å². The number of carbonyl (C=O) groups is 1. The minimum absolute atomic E-state index is 0.287. The van der Waals surface area contributed by atoms with Crippen molar-refractivity contribution in [3.8, 4) is 0 Å². The van der Waals surface area contributed by atoms with Gasteiger partial charge in [0.25, 0.3) is 0 Å². The highest BCUT2D eigenvalue weighted by Crippen LogP contribution is 2.34. The first-order chi connectivity index (χ1) is 10.9. The van der Waals surface area contributed by atoms with Crippen LogP contribution >= 0.6 is 34.5 Å². The molecule has 3 rings (SSSR count). The van der Waals surface area contributed by atoms with Gasteiger partial charge in [-0.2, -0.15) is 0 Å². The molecule has 1 aromatic heterocycles. The fourth-order valence-electron chi connectivity index (χ4n) is 2.21. The number of aromatic nitrogens is 1. The first-order valence-corrected chi connectivity index (χ1v) is 8.34. The predicted molar refractivity (Wildman–Crippen MR) is 88.9 cm³/mol. The summed E-state index contributed by atoms with van der Waals surface area (Å²) in [6.07, 6.45) is 2.48. The SMILES string of the molecule is O=C(Nc1ncc(Cc2cc(Cl)ccc2Cl)s1)[C@H]1C[C@H]1[N+](=O)[O-]. The summed E-state index contributed by atoms with van der Waals surface area (Å²) in [5, 5.41) is 14.8. The number of rotatable bonds is 5. The molecular formula is C14H11Cl2N3O3S. The number of thiazole rings is 1. The van der Waals surface area contributed by atoms with Gasteiger partial charge in [0, 0.05) is 38.9 Å². The van der Waals surface area contributed by atoms with Gasteiger partial charge in [0.15, 0.2) is 5.13 Å². The fraction of sp³-hybridized carbons (Fsp3) is 0.286. The molecule has 1 aliphatic carbocycles. The number of halogens is 2. The van der Waals surface area contributed by atoms with Crippen LogP contribution in [-0.4, -0.2) is 21.9 Å². The minimum Gasteiger partial charge on any atom is -0.301 e. The Morgan fingerprint density at radius 1 is 1.48 bits per heavy atom. The Hall–Kier alpha value is -1.70. The lowest BCUT2D eigenvalue weighted by atomic mass is 10.1. The Bertz CT molecular complexity index is 780. The van der Waals surface area contributed by atoms with Gasteiger partial charge in [0.1, 0.15) is 5.92 Å². The van der Waals surface area contributed by atoms with Crippen LogP contribution in [0.4, 0.5) is 5.13 Å². The lowest BCUT2D eigenvalue weighted by Gasteiger charge is -2.02. The van der Waals surface area contributed by atoms with Crippen molar-refractivity contribution in [1.29, 1.82) is 0 Å². The van der Waals surface area contributed by atoms with Crippen LogP contribution in [0, 0.1) is 16.0 Å². The maximum absolute atomic E-state index is 11.9. The molecule has 9 heteroatoms. The summed E-state index contributed by atoms with van der Waals surface area (Å²) in [6.45, 7) is 0. The van der Waals surface area contributed by atoms with Crippen LogP contribution < -0.4 is 5.32 Å². The largest absolute Gasteiger partial charge is 0.301 e. The molecule has 1 amide bonds. The van der Waals surface area contributed by atoms with Crippen molar-refractivity contribution < 1.29 is 9.72 Å². The Morgan fingerprint density at radius 3 is 2.96 bits per heavy atom. The van der Waals surface area contributed by atoms with E-state index in [1.165, 1.54) is 11.3 Å². The molecule has 1 aliphatic rings. The molecule has 6 nitrogen and oxygen atoms in total. The van der Waals surface area contributed by atoms with E-state index in [-0.39, 0.29) is 12.3 Å². The number of nitro groups is 1. The molecule has 120 valence electrons. The average molecular weight is 372 g/mol. The highest BCUT2D eigenvalue weighted by molar-refractivity contribution is 7.15. The van der Waals surface area contributed by atoms with Crippen LogP contribution in [0.15, 0.2) is 24.4 Å². The summed E-state index contributed by atoms with van der Waals surface area (Å²) in [5.74, 6) is -0.909. The van der Waals surface area contributed by atoms with E-state index in [1.807, 2.05) is 0 Å². The predicted octanol–water partition coefficient (Wildman–Crippen LogP) is 3.64. The number of hydrogen-bond donors (Lipinski definition) is 1. The number of anilines is 1. The summed E-state index contributed by atoms with van der Waals surface area (Å²) in [7, 11) is 0. The van der Waals surface area contributed by atoms with Crippen molar-refractivity contribution in [1.82, 2.24) is 4.98 Å². The molecule has 0 bridgehead atoms. The highest BCUT2D eigenvalue weighted by Gasteiger charge is 2.53. The number of carbonyl (C=O) groups excluding carboxylic acids is 1. The standard InChI is InChI=1S/C14H11Cl2N3O3S/c15-8-1-2-11(16)7(3-8)4-9-6-17-14(23-9)18-13(20)10-5-12(10)19(21)22/h1-3,6,10,12H,4-5H2,(H,17,18,20)/t10-,12+/m0/s1. The lowest BCUT2D eigenvalue weighted by Crippen LogP contribution is -2.18. The zero-order valence-electron chi connectivity index (χ0n) is 11.7. The van der Waals surface area contributed by atoms with Gasteiger partial charge in [0.2, 0.25) is 11.9 Å². The second-order valence-electron chi connectivity index (χ2n) is 5.23. The highest BCUT2D eigenvalue weighted by atomic mass is 35.5. The molecule has 2 atom stereocenters. The van der Waals surface area contributed by atoms with Gasteiger partial charge in [-0.1, -0.05) is 23.2 Å². The number of benzene rings is 1. The summed E-state index contributed by atoms with van der Waals surface area (Å²) in [5.41, 5.74) is 0.872. The minimum atomic E-state index is -0.764. The third-order valence-corrected chi connectivity index (χ3v) is 5.04. The van der Waals surface area contributed by atoms with E-state index >= 15 is 0 Å². The average Bonchev–Trinajstić information content (AvgIpc) is 3.19. The van der Waals surface area contributed by atoms with Crippen molar-refractivity contribution in [2.24, 2.45) is 5.92 Å². The fourth-order valence-corrected chi connectivity index (χ4v) is 3.43. The molecule has 1 heterocycles. The van der Waals surface area contributed by atoms with Crippen molar-refractivity contribution >= 4 is 45.6 Å². The monoisotopic (exact) mass is 371 g/mol. The third-order valence-electron chi connectivity index (χ3n) is 3.52. The van der Waals surface area contributed by atoms with Gasteiger partial charge in [0.05, 0.1) is 0 Å². The summed E-state index contributed by atoms with van der Waals surface area (Å²) >= 11 is 13.4. The molecule has 1 aromatic carbocycles. The van der Waals surface area contributed by atoms with Crippen LogP contribution in [0.2, 0.25) is 10.0 Å². The van der Waals surface area contributed by atoms with E-state index in [4.69, 9.17) is 23.2 Å². The van der Waals surface area contributed by atoms with Gasteiger partial charge in [-0.3, -0.25) is 14.9 Å². The van der Waals surface area contributed by atoms with E-state index < -0.39 is 16.9 Å². The molecule has 0 aliphatic heterocycles. The summed E-state index contributed by atoms with van der Waals surface area (Å²) in [6, 6.07) is 4.47. The van der Waals surface area contributed by atoms with Crippen LogP contribution in [0.5, 0.6) is 0 Å². The lowest BCUT2D eigenvalue weighted by molar-refractivity contribution is -0.497. The topological polar surface area (TPSA) is 85.1 Å². The van der Waals surface area contributed by atoms with Gasteiger partial charge < -0.3 is 5.32 Å². The van der Waals surface area contributed by atoms with Gasteiger partial charge in [-0.25, -0.2) is 4.98 Å². The van der Waals surface area contributed by atoms with E-state index in [9.17, 15) is 14.9 Å². The smallest absolute Gasteiger partial charge is 0.236 e. The number of hydrogen-bond acceptors (Lipinski definition) is 5. The quantitative estimate of drug-likeness (QED) is 0.641. The molecular weight excluding hydrogens is 361 g/mol. The molecule has 1 fully saturated rings. The maximum atomic E-state index is 11.9. The molecule has 0 spiro atoms. The molecule has 0 unspecified atom stereocenters. The Kier molecular flexibility index (Phi) is 4.52. The Labute approximate surface area is 145 Å². The van der Waals surface area contributed by atoms with Gasteiger partial charge in [-0.15, -0.1) is 11.3 Å². The molecule has 2 aromatic rings. The molecule has 0 saturated heterocycles. The second-order valence-corrected chi connectivity index (χ2v) is 7.19. The van der Waals surface area contributed by atoms with E-state index in [0.717, 1.165) is 10.4 Å².